The van der Waals surface area contributed by atoms with Gasteiger partial charge in [-0.15, -0.1) is 5.10 Å². The lowest BCUT2D eigenvalue weighted by Gasteiger charge is -2.38. The standard InChI is InChI=1S/C24H27N7O4/c1-16-5-3-6-17-15-18(23(32)25-20(16)17)21(22-26-27-28-31(22)12-14-34-2)29-8-10-30(11-9-29)24(33)19-7-4-13-35-19/h3-7,13,15,21H,8-12,14H2,1-2H3,(H,25,32). The van der Waals surface area contributed by atoms with Crippen LogP contribution in [0.1, 0.15) is 33.5 Å². The maximum absolute atomic E-state index is 13.4. The molecule has 3 aromatic heterocycles. The van der Waals surface area contributed by atoms with Gasteiger partial charge in [-0.1, -0.05) is 18.2 Å². The number of ether oxygens (including phenoxy) is 1. The van der Waals surface area contributed by atoms with Crippen LogP contribution >= 0.6 is 0 Å². The highest BCUT2D eigenvalue weighted by Crippen LogP contribution is 2.28. The van der Waals surface area contributed by atoms with E-state index in [4.69, 9.17) is 9.15 Å². The molecule has 1 aliphatic rings. The number of carbonyl (C=O) groups is 1. The Morgan fingerprint density at radius 1 is 1.20 bits per heavy atom. The number of nitrogens with zero attached hydrogens (tertiary/aromatic N) is 6. The van der Waals surface area contributed by atoms with E-state index in [1.54, 1.807) is 28.8 Å². The molecule has 1 fully saturated rings. The predicted octanol–water partition coefficient (Wildman–Crippen LogP) is 1.61. The van der Waals surface area contributed by atoms with Crippen LogP contribution in [-0.2, 0) is 11.3 Å². The van der Waals surface area contributed by atoms with Crippen LogP contribution in [-0.4, -0.2) is 80.8 Å². The third-order valence-corrected chi connectivity index (χ3v) is 6.42. The summed E-state index contributed by atoms with van der Waals surface area (Å²) in [6, 6.07) is 10.7. The number of para-hydroxylation sites is 1. The lowest BCUT2D eigenvalue weighted by Crippen LogP contribution is -2.50. The number of amides is 1. The second kappa shape index (κ2) is 9.80. The Bertz CT molecular complexity index is 1370. The molecule has 1 saturated heterocycles. The molecule has 1 N–H and O–H groups in total. The smallest absolute Gasteiger partial charge is 0.289 e. The lowest BCUT2D eigenvalue weighted by molar-refractivity contribution is 0.0557. The minimum absolute atomic E-state index is 0.143. The molecule has 1 aliphatic heterocycles. The van der Waals surface area contributed by atoms with Gasteiger partial charge < -0.3 is 19.0 Å². The van der Waals surface area contributed by atoms with E-state index in [2.05, 4.69) is 25.4 Å². The normalized spacial score (nSPS) is 15.5. The third kappa shape index (κ3) is 4.47. The number of pyridine rings is 1. The average molecular weight is 478 g/mol. The molecule has 4 aromatic rings. The summed E-state index contributed by atoms with van der Waals surface area (Å²) in [5, 5.41) is 13.3. The highest BCUT2D eigenvalue weighted by molar-refractivity contribution is 5.91. The van der Waals surface area contributed by atoms with Crippen molar-refractivity contribution in [1.29, 1.82) is 0 Å². The summed E-state index contributed by atoms with van der Waals surface area (Å²) < 4.78 is 12.2. The SMILES string of the molecule is COCCn1nnnc1C(c1cc2cccc(C)c2[nH]c1=O)N1CCN(C(=O)c2ccco2)CC1. The van der Waals surface area contributed by atoms with Gasteiger partial charge in [-0.25, -0.2) is 4.68 Å². The van der Waals surface area contributed by atoms with Gasteiger partial charge in [-0.3, -0.25) is 14.5 Å². The van der Waals surface area contributed by atoms with Gasteiger partial charge in [-0.2, -0.15) is 0 Å². The van der Waals surface area contributed by atoms with Gasteiger partial charge in [0.05, 0.1) is 24.9 Å². The molecular formula is C24H27N7O4. The van der Waals surface area contributed by atoms with Crippen molar-refractivity contribution in [1.82, 2.24) is 35.0 Å². The Hall–Kier alpha value is -3.83. The fourth-order valence-corrected chi connectivity index (χ4v) is 4.59. The maximum atomic E-state index is 13.4. The Balaban J connectivity index is 1.50. The largest absolute Gasteiger partial charge is 0.459 e. The zero-order chi connectivity index (χ0) is 24.4. The first-order chi connectivity index (χ1) is 17.1. The van der Waals surface area contributed by atoms with Crippen LogP contribution in [0.3, 0.4) is 0 Å². The fraction of sp³-hybridized carbons (Fsp3) is 0.375. The van der Waals surface area contributed by atoms with Crippen molar-refractivity contribution in [2.24, 2.45) is 0 Å². The minimum atomic E-state index is -0.489. The topological polar surface area (TPSA) is 122 Å². The third-order valence-electron chi connectivity index (χ3n) is 6.42. The highest BCUT2D eigenvalue weighted by Gasteiger charge is 2.34. The summed E-state index contributed by atoms with van der Waals surface area (Å²) in [7, 11) is 1.62. The van der Waals surface area contributed by atoms with Gasteiger partial charge in [-0.05, 0) is 46.5 Å². The van der Waals surface area contributed by atoms with E-state index in [-0.39, 0.29) is 11.5 Å². The summed E-state index contributed by atoms with van der Waals surface area (Å²) in [6.45, 7) is 4.91. The summed E-state index contributed by atoms with van der Waals surface area (Å²) in [6.07, 6.45) is 1.49. The first kappa shape index (κ1) is 22.9. The molecule has 0 saturated carbocycles. The molecule has 0 spiro atoms. The number of piperazine rings is 1. The van der Waals surface area contributed by atoms with Crippen molar-refractivity contribution in [3.8, 4) is 0 Å². The van der Waals surface area contributed by atoms with Crippen LogP contribution in [0.15, 0.2) is 51.9 Å². The van der Waals surface area contributed by atoms with E-state index in [1.165, 1.54) is 6.26 Å². The molecule has 5 rings (SSSR count). The Morgan fingerprint density at radius 2 is 2.03 bits per heavy atom. The first-order valence-electron chi connectivity index (χ1n) is 11.5. The number of hydrogen-bond acceptors (Lipinski definition) is 8. The molecule has 1 aromatic carbocycles. The van der Waals surface area contributed by atoms with Gasteiger partial charge in [0.1, 0.15) is 6.04 Å². The molecule has 11 heteroatoms. The Morgan fingerprint density at radius 3 is 2.77 bits per heavy atom. The van der Waals surface area contributed by atoms with E-state index in [0.29, 0.717) is 56.5 Å². The number of aromatic nitrogens is 5. The number of aromatic amines is 1. The Kier molecular flexibility index (Phi) is 6.43. The fourth-order valence-electron chi connectivity index (χ4n) is 4.59. The summed E-state index contributed by atoms with van der Waals surface area (Å²) in [5.41, 5.74) is 2.18. The van der Waals surface area contributed by atoms with Gasteiger partial charge in [0, 0.05) is 38.9 Å². The van der Waals surface area contributed by atoms with Crippen LogP contribution in [0, 0.1) is 6.92 Å². The number of tetrazole rings is 1. The van der Waals surface area contributed by atoms with Crippen molar-refractivity contribution in [3.63, 3.8) is 0 Å². The molecule has 0 radical (unpaired) electrons. The molecule has 1 amide bonds. The van der Waals surface area contributed by atoms with Gasteiger partial charge >= 0.3 is 0 Å². The molecule has 35 heavy (non-hydrogen) atoms. The first-order valence-corrected chi connectivity index (χ1v) is 11.5. The number of H-pyrrole nitrogens is 1. The Labute approximate surface area is 201 Å². The lowest BCUT2D eigenvalue weighted by atomic mass is 10.0. The molecule has 0 bridgehead atoms. The molecular weight excluding hydrogens is 450 g/mol. The van der Waals surface area contributed by atoms with E-state index >= 15 is 0 Å². The second-order valence-corrected chi connectivity index (χ2v) is 8.55. The average Bonchev–Trinajstić information content (AvgIpc) is 3.57. The van der Waals surface area contributed by atoms with Gasteiger partial charge in [0.15, 0.2) is 11.6 Å². The number of aryl methyl sites for hydroxylation is 1. The predicted molar refractivity (Wildman–Crippen MR) is 127 cm³/mol. The maximum Gasteiger partial charge on any atom is 0.289 e. The summed E-state index contributed by atoms with van der Waals surface area (Å²) in [4.78, 5) is 33.1. The number of furan rings is 1. The van der Waals surface area contributed by atoms with Crippen molar-refractivity contribution >= 4 is 16.8 Å². The van der Waals surface area contributed by atoms with E-state index in [1.807, 2.05) is 31.2 Å². The van der Waals surface area contributed by atoms with Crippen LogP contribution in [0.25, 0.3) is 10.9 Å². The molecule has 4 heterocycles. The minimum Gasteiger partial charge on any atom is -0.459 e. The van der Waals surface area contributed by atoms with Crippen molar-refractivity contribution in [3.05, 3.63) is 75.7 Å². The van der Waals surface area contributed by atoms with Crippen molar-refractivity contribution < 1.29 is 13.9 Å². The number of methoxy groups -OCH3 is 1. The van der Waals surface area contributed by atoms with Gasteiger partial charge in [0.25, 0.3) is 11.5 Å². The molecule has 0 aliphatic carbocycles. The number of hydrogen-bond donors (Lipinski definition) is 1. The van der Waals surface area contributed by atoms with Crippen molar-refractivity contribution in [2.75, 3.05) is 39.9 Å². The summed E-state index contributed by atoms with van der Waals surface area (Å²) >= 11 is 0. The molecule has 1 unspecified atom stereocenters. The number of benzene rings is 1. The number of fused-ring (bicyclic) bond motifs is 1. The second-order valence-electron chi connectivity index (χ2n) is 8.55. The highest BCUT2D eigenvalue weighted by atomic mass is 16.5. The quantitative estimate of drug-likeness (QED) is 0.426. The zero-order valence-electron chi connectivity index (χ0n) is 19.7. The van der Waals surface area contributed by atoms with Crippen LogP contribution in [0.2, 0.25) is 0 Å². The zero-order valence-corrected chi connectivity index (χ0v) is 19.7. The van der Waals surface area contributed by atoms with Crippen LogP contribution < -0.4 is 5.56 Å². The van der Waals surface area contributed by atoms with E-state index in [9.17, 15) is 9.59 Å². The summed E-state index contributed by atoms with van der Waals surface area (Å²) in [5.74, 6) is 0.736. The molecule has 11 nitrogen and oxygen atoms in total. The van der Waals surface area contributed by atoms with E-state index < -0.39 is 6.04 Å². The van der Waals surface area contributed by atoms with Crippen molar-refractivity contribution in [2.45, 2.75) is 19.5 Å². The van der Waals surface area contributed by atoms with Gasteiger partial charge in [0.2, 0.25) is 0 Å². The number of carbonyl (C=O) groups excluding carboxylic acids is 1. The number of nitrogens with one attached hydrogen (secondary N) is 1. The van der Waals surface area contributed by atoms with E-state index in [0.717, 1.165) is 16.5 Å². The molecule has 1 atom stereocenters. The van der Waals surface area contributed by atoms with Crippen LogP contribution in [0.5, 0.6) is 0 Å². The monoisotopic (exact) mass is 477 g/mol. The molecule has 182 valence electrons. The number of rotatable bonds is 7. The van der Waals surface area contributed by atoms with Crippen LogP contribution in [0.4, 0.5) is 0 Å².